The monoisotopic (exact) mass is 487 g/mol. The summed E-state index contributed by atoms with van der Waals surface area (Å²) in [6.07, 6.45) is 1.27. The van der Waals surface area contributed by atoms with E-state index in [0.29, 0.717) is 10.6 Å². The summed E-state index contributed by atoms with van der Waals surface area (Å²) in [4.78, 5) is 25.7. The standard InChI is InChI=1S/C24H14ClF4N3O2/c25-14-7-5-13(6-8-14)23(33)15-3-1-2-4-16(15)24(34)30-20-9-10-32(31-20)12-17-21(28)18(26)11-19(27)22(17)29/h1-11H,12H2,(H,30,31,34). The normalized spacial score (nSPS) is 10.9. The van der Waals surface area contributed by atoms with Crippen LogP contribution in [-0.4, -0.2) is 21.5 Å². The van der Waals surface area contributed by atoms with Crippen molar-refractivity contribution >= 4 is 29.1 Å². The van der Waals surface area contributed by atoms with Gasteiger partial charge in [0, 0.05) is 34.5 Å². The second-order valence-corrected chi connectivity index (χ2v) is 7.62. The van der Waals surface area contributed by atoms with Gasteiger partial charge in [0.25, 0.3) is 5.91 Å². The number of nitrogens with zero attached hydrogens (tertiary/aromatic N) is 2. The van der Waals surface area contributed by atoms with E-state index in [1.54, 1.807) is 24.3 Å². The van der Waals surface area contributed by atoms with Gasteiger partial charge >= 0.3 is 0 Å². The van der Waals surface area contributed by atoms with Crippen LogP contribution in [-0.2, 0) is 6.54 Å². The second-order valence-electron chi connectivity index (χ2n) is 7.18. The summed E-state index contributed by atoms with van der Waals surface area (Å²) in [5, 5.41) is 6.91. The number of aromatic nitrogens is 2. The maximum absolute atomic E-state index is 13.9. The van der Waals surface area contributed by atoms with Crippen molar-refractivity contribution in [3.8, 4) is 0 Å². The average molecular weight is 488 g/mol. The number of rotatable bonds is 6. The molecule has 0 unspecified atom stereocenters. The van der Waals surface area contributed by atoms with Crippen molar-refractivity contribution in [3.05, 3.63) is 117 Å². The highest BCUT2D eigenvalue weighted by Gasteiger charge is 2.21. The summed E-state index contributed by atoms with van der Waals surface area (Å²) in [6.45, 7) is -0.617. The Balaban J connectivity index is 1.55. The first-order valence-electron chi connectivity index (χ1n) is 9.80. The molecule has 0 aliphatic carbocycles. The molecule has 34 heavy (non-hydrogen) atoms. The van der Waals surface area contributed by atoms with Gasteiger partial charge in [0.05, 0.1) is 17.7 Å². The number of nitrogens with one attached hydrogen (secondary N) is 1. The van der Waals surface area contributed by atoms with Crippen LogP contribution in [0, 0.1) is 23.3 Å². The van der Waals surface area contributed by atoms with Gasteiger partial charge in [0.15, 0.2) is 34.9 Å². The molecule has 1 amide bonds. The van der Waals surface area contributed by atoms with E-state index in [2.05, 4.69) is 10.4 Å². The summed E-state index contributed by atoms with van der Waals surface area (Å²) in [6, 6.07) is 13.8. The first kappa shape index (κ1) is 23.2. The molecule has 0 fully saturated rings. The Kier molecular flexibility index (Phi) is 6.47. The zero-order chi connectivity index (χ0) is 24.4. The van der Waals surface area contributed by atoms with Crippen molar-refractivity contribution < 1.29 is 27.2 Å². The summed E-state index contributed by atoms with van der Waals surface area (Å²) in [5.74, 6) is -7.18. The molecule has 0 saturated heterocycles. The van der Waals surface area contributed by atoms with Gasteiger partial charge in [-0.1, -0.05) is 29.8 Å². The van der Waals surface area contributed by atoms with Crippen molar-refractivity contribution in [1.29, 1.82) is 0 Å². The maximum atomic E-state index is 13.9. The van der Waals surface area contributed by atoms with E-state index in [1.165, 1.54) is 36.5 Å². The fourth-order valence-electron chi connectivity index (χ4n) is 3.26. The van der Waals surface area contributed by atoms with Gasteiger partial charge in [0.1, 0.15) is 0 Å². The van der Waals surface area contributed by atoms with E-state index in [9.17, 15) is 27.2 Å². The fourth-order valence-corrected chi connectivity index (χ4v) is 3.39. The molecule has 0 saturated carbocycles. The molecule has 3 aromatic carbocycles. The molecule has 1 heterocycles. The van der Waals surface area contributed by atoms with E-state index in [-0.39, 0.29) is 23.0 Å². The minimum Gasteiger partial charge on any atom is -0.305 e. The topological polar surface area (TPSA) is 64.0 Å². The summed E-state index contributed by atoms with van der Waals surface area (Å²) in [5.41, 5.74) is -0.305. The molecule has 0 bridgehead atoms. The molecule has 5 nitrogen and oxygen atoms in total. The Morgan fingerprint density at radius 3 is 2.15 bits per heavy atom. The van der Waals surface area contributed by atoms with Crippen molar-refractivity contribution in [2.24, 2.45) is 0 Å². The quantitative estimate of drug-likeness (QED) is 0.218. The number of anilines is 1. The Bertz CT molecular complexity index is 1380. The highest BCUT2D eigenvalue weighted by Crippen LogP contribution is 2.21. The van der Waals surface area contributed by atoms with Crippen LogP contribution >= 0.6 is 11.6 Å². The van der Waals surface area contributed by atoms with E-state index in [1.807, 2.05) is 0 Å². The lowest BCUT2D eigenvalue weighted by Gasteiger charge is -2.09. The Morgan fingerprint density at radius 1 is 0.882 bits per heavy atom. The minimum absolute atomic E-state index is 0.00330. The zero-order valence-corrected chi connectivity index (χ0v) is 17.9. The average Bonchev–Trinajstić information content (AvgIpc) is 3.27. The lowest BCUT2D eigenvalue weighted by atomic mass is 9.98. The number of hydrogen-bond donors (Lipinski definition) is 1. The fraction of sp³-hybridized carbons (Fsp3) is 0.0417. The third-order valence-corrected chi connectivity index (χ3v) is 5.18. The van der Waals surface area contributed by atoms with E-state index >= 15 is 0 Å². The third-order valence-electron chi connectivity index (χ3n) is 4.93. The van der Waals surface area contributed by atoms with Crippen molar-refractivity contribution in [2.75, 3.05) is 5.32 Å². The molecule has 4 aromatic rings. The number of hydrogen-bond acceptors (Lipinski definition) is 3. The molecule has 10 heteroatoms. The van der Waals surface area contributed by atoms with Crippen molar-refractivity contribution in [3.63, 3.8) is 0 Å². The molecule has 172 valence electrons. The van der Waals surface area contributed by atoms with Crippen LogP contribution in [0.1, 0.15) is 31.8 Å². The molecule has 0 radical (unpaired) electrons. The van der Waals surface area contributed by atoms with Crippen LogP contribution < -0.4 is 5.32 Å². The molecule has 4 rings (SSSR count). The molecule has 1 N–H and O–H groups in total. The van der Waals surface area contributed by atoms with Crippen molar-refractivity contribution in [2.45, 2.75) is 6.54 Å². The first-order valence-corrected chi connectivity index (χ1v) is 10.2. The van der Waals surface area contributed by atoms with Gasteiger partial charge in [0.2, 0.25) is 0 Å². The van der Waals surface area contributed by atoms with Crippen LogP contribution in [0.15, 0.2) is 66.9 Å². The maximum Gasteiger partial charge on any atom is 0.257 e. The lowest BCUT2D eigenvalue weighted by molar-refractivity contribution is 0.0996. The second kappa shape index (κ2) is 9.48. The predicted molar refractivity (Wildman–Crippen MR) is 117 cm³/mol. The lowest BCUT2D eigenvalue weighted by Crippen LogP contribution is -2.17. The van der Waals surface area contributed by atoms with Crippen molar-refractivity contribution in [1.82, 2.24) is 9.78 Å². The number of halogens is 5. The highest BCUT2D eigenvalue weighted by molar-refractivity contribution is 6.30. The third kappa shape index (κ3) is 4.69. The molecule has 0 atom stereocenters. The Morgan fingerprint density at radius 2 is 1.50 bits per heavy atom. The molecular formula is C24H14ClF4N3O2. The summed E-state index contributed by atoms with van der Waals surface area (Å²) >= 11 is 5.86. The van der Waals surface area contributed by atoms with Gasteiger partial charge in [-0.3, -0.25) is 14.3 Å². The predicted octanol–water partition coefficient (Wildman–Crippen LogP) is 5.62. The molecule has 0 spiro atoms. The van der Waals surface area contributed by atoms with Crippen LogP contribution in [0.3, 0.4) is 0 Å². The summed E-state index contributed by atoms with van der Waals surface area (Å²) < 4.78 is 55.7. The van der Waals surface area contributed by atoms with Crippen LogP contribution in [0.5, 0.6) is 0 Å². The molecule has 0 aliphatic rings. The van der Waals surface area contributed by atoms with Crippen LogP contribution in [0.25, 0.3) is 0 Å². The van der Waals surface area contributed by atoms with Gasteiger partial charge in [-0.2, -0.15) is 5.10 Å². The summed E-state index contributed by atoms with van der Waals surface area (Å²) in [7, 11) is 0. The Hall–Kier alpha value is -3.98. The molecule has 0 aliphatic heterocycles. The van der Waals surface area contributed by atoms with E-state index in [0.717, 1.165) is 4.68 Å². The number of carbonyl (C=O) groups excluding carboxylic acids is 2. The Labute approximate surface area is 195 Å². The zero-order valence-electron chi connectivity index (χ0n) is 17.2. The highest BCUT2D eigenvalue weighted by atomic mass is 35.5. The van der Waals surface area contributed by atoms with Gasteiger partial charge in [-0.05, 0) is 30.3 Å². The number of amides is 1. The van der Waals surface area contributed by atoms with Gasteiger partial charge < -0.3 is 5.32 Å². The SMILES string of the molecule is O=C(Nc1ccn(Cc2c(F)c(F)cc(F)c2F)n1)c1ccccc1C(=O)c1ccc(Cl)cc1. The van der Waals surface area contributed by atoms with Crippen LogP contribution in [0.4, 0.5) is 23.4 Å². The minimum atomic E-state index is -1.53. The molecular weight excluding hydrogens is 474 g/mol. The van der Waals surface area contributed by atoms with Crippen LogP contribution in [0.2, 0.25) is 5.02 Å². The first-order chi connectivity index (χ1) is 16.2. The van der Waals surface area contributed by atoms with Gasteiger partial charge in [-0.15, -0.1) is 0 Å². The van der Waals surface area contributed by atoms with E-state index < -0.39 is 47.1 Å². The van der Waals surface area contributed by atoms with Gasteiger partial charge in [-0.25, -0.2) is 17.6 Å². The van der Waals surface area contributed by atoms with E-state index in [4.69, 9.17) is 11.6 Å². The number of ketones is 1. The number of benzene rings is 3. The largest absolute Gasteiger partial charge is 0.305 e. The number of carbonyl (C=O) groups is 2. The smallest absolute Gasteiger partial charge is 0.257 e. The molecule has 1 aromatic heterocycles.